The third-order valence-corrected chi connectivity index (χ3v) is 5.06. The van der Waals surface area contributed by atoms with Crippen LogP contribution in [0.2, 0.25) is 0 Å². The van der Waals surface area contributed by atoms with E-state index in [0.29, 0.717) is 0 Å². The molecule has 0 heterocycles. The molecule has 2 saturated carbocycles. The highest BCUT2D eigenvalue weighted by Gasteiger charge is 2.36. The van der Waals surface area contributed by atoms with Crippen molar-refractivity contribution in [2.45, 2.75) is 62.6 Å². The minimum atomic E-state index is 0.122. The molecule has 2 rings (SSSR count). The molecule has 0 saturated heterocycles. The van der Waals surface area contributed by atoms with Crippen molar-refractivity contribution in [1.82, 2.24) is 10.6 Å². The van der Waals surface area contributed by atoms with E-state index in [4.69, 9.17) is 9.47 Å². The molecule has 118 valence electrons. The number of rotatable bonds is 10. The normalized spacial score (nSPS) is 23.7. The Morgan fingerprint density at radius 1 is 0.950 bits per heavy atom. The number of ether oxygens (including phenoxy) is 2. The van der Waals surface area contributed by atoms with E-state index in [1.54, 1.807) is 0 Å². The summed E-state index contributed by atoms with van der Waals surface area (Å²) in [5, 5.41) is 6.82. The summed E-state index contributed by atoms with van der Waals surface area (Å²) in [7, 11) is 3.86. The number of likely N-dealkylation sites (N-methyl/N-ethyl adjacent to an activating group) is 1. The highest BCUT2D eigenvalue weighted by molar-refractivity contribution is 4.91. The SMILES string of the molecule is CNCC1(OCCCNCC2(OC)CCC2)CCCC1. The summed E-state index contributed by atoms with van der Waals surface area (Å²) in [4.78, 5) is 0. The molecule has 0 radical (unpaired) electrons. The predicted molar refractivity (Wildman–Crippen MR) is 82.2 cm³/mol. The van der Waals surface area contributed by atoms with Gasteiger partial charge in [0.15, 0.2) is 0 Å². The Kier molecular flexibility index (Phi) is 6.27. The van der Waals surface area contributed by atoms with Gasteiger partial charge in [0.25, 0.3) is 0 Å². The topological polar surface area (TPSA) is 42.5 Å². The fourth-order valence-corrected chi connectivity index (χ4v) is 3.54. The van der Waals surface area contributed by atoms with Crippen molar-refractivity contribution in [3.05, 3.63) is 0 Å². The summed E-state index contributed by atoms with van der Waals surface area (Å²) in [6.45, 7) is 3.88. The van der Waals surface area contributed by atoms with Crippen molar-refractivity contribution in [2.24, 2.45) is 0 Å². The summed E-state index contributed by atoms with van der Waals surface area (Å²) >= 11 is 0. The van der Waals surface area contributed by atoms with Crippen molar-refractivity contribution in [3.63, 3.8) is 0 Å². The van der Waals surface area contributed by atoms with E-state index < -0.39 is 0 Å². The van der Waals surface area contributed by atoms with Crippen molar-refractivity contribution in [3.8, 4) is 0 Å². The largest absolute Gasteiger partial charge is 0.377 e. The maximum atomic E-state index is 6.20. The standard InChI is InChI=1S/C16H32N2O2/c1-17-13-16(7-3-4-8-16)20-12-6-11-18-14-15(19-2)9-5-10-15/h17-18H,3-14H2,1-2H3. The molecule has 20 heavy (non-hydrogen) atoms. The Morgan fingerprint density at radius 3 is 2.20 bits per heavy atom. The molecule has 2 fully saturated rings. The zero-order chi connectivity index (χ0) is 14.3. The van der Waals surface area contributed by atoms with Gasteiger partial charge in [-0.05, 0) is 52.1 Å². The van der Waals surface area contributed by atoms with Gasteiger partial charge in [-0.2, -0.15) is 0 Å². The van der Waals surface area contributed by atoms with Gasteiger partial charge in [-0.1, -0.05) is 12.8 Å². The van der Waals surface area contributed by atoms with Crippen LogP contribution in [0.5, 0.6) is 0 Å². The molecule has 0 aromatic carbocycles. The van der Waals surface area contributed by atoms with E-state index in [-0.39, 0.29) is 11.2 Å². The van der Waals surface area contributed by atoms with Crippen LogP contribution < -0.4 is 10.6 Å². The zero-order valence-electron chi connectivity index (χ0n) is 13.3. The van der Waals surface area contributed by atoms with E-state index >= 15 is 0 Å². The molecule has 0 aliphatic heterocycles. The molecule has 2 aliphatic carbocycles. The maximum Gasteiger partial charge on any atom is 0.0806 e. The van der Waals surface area contributed by atoms with Crippen molar-refractivity contribution < 1.29 is 9.47 Å². The van der Waals surface area contributed by atoms with E-state index in [0.717, 1.165) is 32.7 Å². The van der Waals surface area contributed by atoms with E-state index in [9.17, 15) is 0 Å². The first-order valence-corrected chi connectivity index (χ1v) is 8.29. The predicted octanol–water partition coefficient (Wildman–Crippen LogP) is 2.08. The molecule has 2 N–H and O–H groups in total. The molecule has 0 amide bonds. The summed E-state index contributed by atoms with van der Waals surface area (Å²) in [6.07, 6.45) is 9.88. The second kappa shape index (κ2) is 7.74. The first kappa shape index (κ1) is 16.2. The van der Waals surface area contributed by atoms with Gasteiger partial charge in [0.05, 0.1) is 11.2 Å². The van der Waals surface area contributed by atoms with Crippen LogP contribution in [0.15, 0.2) is 0 Å². The van der Waals surface area contributed by atoms with Gasteiger partial charge >= 0.3 is 0 Å². The molecule has 0 unspecified atom stereocenters. The van der Waals surface area contributed by atoms with Gasteiger partial charge in [-0.15, -0.1) is 0 Å². The molecular formula is C16H32N2O2. The number of hydrogen-bond donors (Lipinski definition) is 2. The molecule has 0 bridgehead atoms. The van der Waals surface area contributed by atoms with Crippen molar-refractivity contribution in [1.29, 1.82) is 0 Å². The van der Waals surface area contributed by atoms with Gasteiger partial charge in [0.2, 0.25) is 0 Å². The van der Waals surface area contributed by atoms with Crippen LogP contribution >= 0.6 is 0 Å². The molecule has 4 heteroatoms. The quantitative estimate of drug-likeness (QED) is 0.603. The molecule has 4 nitrogen and oxygen atoms in total. The highest BCUT2D eigenvalue weighted by atomic mass is 16.5. The summed E-state index contributed by atoms with van der Waals surface area (Å²) in [6, 6.07) is 0. The van der Waals surface area contributed by atoms with E-state index in [2.05, 4.69) is 10.6 Å². The van der Waals surface area contributed by atoms with Gasteiger partial charge in [0.1, 0.15) is 0 Å². The highest BCUT2D eigenvalue weighted by Crippen LogP contribution is 2.34. The Morgan fingerprint density at radius 2 is 1.65 bits per heavy atom. The second-order valence-corrected chi connectivity index (χ2v) is 6.54. The molecule has 2 aliphatic rings. The molecule has 0 atom stereocenters. The lowest BCUT2D eigenvalue weighted by Crippen LogP contribution is -2.48. The average molecular weight is 284 g/mol. The summed E-state index contributed by atoms with van der Waals surface area (Å²) < 4.78 is 11.8. The van der Waals surface area contributed by atoms with Crippen molar-refractivity contribution >= 4 is 0 Å². The van der Waals surface area contributed by atoms with Crippen LogP contribution in [-0.4, -0.2) is 51.6 Å². The Hall–Kier alpha value is -0.160. The monoisotopic (exact) mass is 284 g/mol. The molecule has 0 aromatic rings. The lowest BCUT2D eigenvalue weighted by molar-refractivity contribution is -0.0703. The maximum absolute atomic E-state index is 6.20. The Bertz CT molecular complexity index is 268. The minimum Gasteiger partial charge on any atom is -0.377 e. The zero-order valence-corrected chi connectivity index (χ0v) is 13.3. The van der Waals surface area contributed by atoms with Gasteiger partial charge < -0.3 is 20.1 Å². The molecule has 0 spiro atoms. The van der Waals surface area contributed by atoms with Crippen LogP contribution in [0.4, 0.5) is 0 Å². The second-order valence-electron chi connectivity index (χ2n) is 6.54. The summed E-state index contributed by atoms with van der Waals surface area (Å²) in [5.41, 5.74) is 0.260. The number of nitrogens with one attached hydrogen (secondary N) is 2. The smallest absolute Gasteiger partial charge is 0.0806 e. The van der Waals surface area contributed by atoms with Crippen LogP contribution in [0.1, 0.15) is 51.4 Å². The van der Waals surface area contributed by atoms with E-state index in [1.165, 1.54) is 44.9 Å². The van der Waals surface area contributed by atoms with Crippen LogP contribution in [0.3, 0.4) is 0 Å². The van der Waals surface area contributed by atoms with Crippen LogP contribution in [-0.2, 0) is 9.47 Å². The third-order valence-electron chi connectivity index (χ3n) is 5.06. The number of methoxy groups -OCH3 is 1. The third kappa shape index (κ3) is 4.17. The van der Waals surface area contributed by atoms with Gasteiger partial charge in [-0.3, -0.25) is 0 Å². The van der Waals surface area contributed by atoms with Crippen molar-refractivity contribution in [2.75, 3.05) is 40.4 Å². The van der Waals surface area contributed by atoms with Crippen LogP contribution in [0, 0.1) is 0 Å². The minimum absolute atomic E-state index is 0.122. The fourth-order valence-electron chi connectivity index (χ4n) is 3.54. The lowest BCUT2D eigenvalue weighted by atomic mass is 9.80. The van der Waals surface area contributed by atoms with Gasteiger partial charge in [0, 0.05) is 26.8 Å². The lowest BCUT2D eigenvalue weighted by Gasteiger charge is -2.40. The van der Waals surface area contributed by atoms with E-state index in [1.807, 2.05) is 14.2 Å². The fraction of sp³-hybridized carbons (Fsp3) is 1.00. The first-order chi connectivity index (χ1) is 9.74. The number of hydrogen-bond acceptors (Lipinski definition) is 4. The Labute approximate surface area is 124 Å². The van der Waals surface area contributed by atoms with Gasteiger partial charge in [-0.25, -0.2) is 0 Å². The summed E-state index contributed by atoms with van der Waals surface area (Å²) in [5.74, 6) is 0. The molecule has 0 aromatic heterocycles. The first-order valence-electron chi connectivity index (χ1n) is 8.29. The Balaban J connectivity index is 1.54. The van der Waals surface area contributed by atoms with Crippen LogP contribution in [0.25, 0.3) is 0 Å². The molecular weight excluding hydrogens is 252 g/mol. The average Bonchev–Trinajstić information content (AvgIpc) is 2.86.